The first kappa shape index (κ1) is 12.7. The first-order valence-corrected chi connectivity index (χ1v) is 6.99. The summed E-state index contributed by atoms with van der Waals surface area (Å²) in [7, 11) is 0. The minimum absolute atomic E-state index is 0.480. The Bertz CT molecular complexity index is 490. The average molecular weight is 295 g/mol. The van der Waals surface area contributed by atoms with Crippen molar-refractivity contribution in [1.29, 1.82) is 0 Å². The van der Waals surface area contributed by atoms with E-state index < -0.39 is 0 Å². The molecule has 17 heavy (non-hydrogen) atoms. The molecule has 1 aromatic carbocycles. The van der Waals surface area contributed by atoms with Crippen molar-refractivity contribution in [2.24, 2.45) is 0 Å². The summed E-state index contributed by atoms with van der Waals surface area (Å²) >= 11 is 3.59. The predicted molar refractivity (Wildman–Crippen MR) is 77.5 cm³/mol. The maximum Gasteiger partial charge on any atom is 0.0494 e. The van der Waals surface area contributed by atoms with Gasteiger partial charge in [-0.05, 0) is 38.1 Å². The van der Waals surface area contributed by atoms with Crippen molar-refractivity contribution >= 4 is 26.8 Å². The van der Waals surface area contributed by atoms with Crippen LogP contribution in [0, 0.1) is 0 Å². The summed E-state index contributed by atoms with van der Waals surface area (Å²) in [5.41, 5.74) is 1.30. The number of rotatable bonds is 5. The molecule has 0 aliphatic heterocycles. The van der Waals surface area contributed by atoms with Crippen molar-refractivity contribution in [3.8, 4) is 0 Å². The van der Waals surface area contributed by atoms with E-state index in [-0.39, 0.29) is 0 Å². The molecule has 1 heterocycles. The van der Waals surface area contributed by atoms with Crippen LogP contribution in [-0.4, -0.2) is 17.7 Å². The summed E-state index contributed by atoms with van der Waals surface area (Å²) in [5, 5.41) is 4.76. The molecule has 1 atom stereocenters. The third-order valence-corrected chi connectivity index (χ3v) is 3.74. The van der Waals surface area contributed by atoms with E-state index in [1.165, 1.54) is 21.8 Å². The topological polar surface area (TPSA) is 17.0 Å². The number of nitrogens with zero attached hydrogens (tertiary/aromatic N) is 1. The van der Waals surface area contributed by atoms with Crippen molar-refractivity contribution in [3.63, 3.8) is 0 Å². The lowest BCUT2D eigenvalue weighted by atomic mass is 10.2. The highest BCUT2D eigenvalue weighted by Crippen LogP contribution is 2.26. The molecular weight excluding hydrogens is 276 g/mol. The van der Waals surface area contributed by atoms with Gasteiger partial charge in [0.1, 0.15) is 0 Å². The van der Waals surface area contributed by atoms with Gasteiger partial charge in [0.05, 0.1) is 0 Å². The highest BCUT2D eigenvalue weighted by molar-refractivity contribution is 9.10. The van der Waals surface area contributed by atoms with Crippen LogP contribution in [0.1, 0.15) is 26.3 Å². The van der Waals surface area contributed by atoms with Gasteiger partial charge >= 0.3 is 0 Å². The quantitative estimate of drug-likeness (QED) is 0.826. The zero-order valence-corrected chi connectivity index (χ0v) is 12.0. The number of halogens is 1. The third kappa shape index (κ3) is 2.72. The minimum atomic E-state index is 0.480. The molecule has 1 N–H and O–H groups in total. The Morgan fingerprint density at radius 1 is 1.35 bits per heavy atom. The van der Waals surface area contributed by atoms with E-state index in [4.69, 9.17) is 0 Å². The lowest BCUT2D eigenvalue weighted by Gasteiger charge is -2.16. The van der Waals surface area contributed by atoms with Gasteiger partial charge in [-0.2, -0.15) is 0 Å². The van der Waals surface area contributed by atoms with Gasteiger partial charge in [-0.1, -0.05) is 28.9 Å². The summed E-state index contributed by atoms with van der Waals surface area (Å²) < 4.78 is 3.51. The Kier molecular flexibility index (Phi) is 4.24. The molecule has 0 fully saturated rings. The summed E-state index contributed by atoms with van der Waals surface area (Å²) in [4.78, 5) is 0. The van der Waals surface area contributed by atoms with E-state index in [1.807, 2.05) is 0 Å². The Balaban J connectivity index is 2.21. The molecule has 0 amide bonds. The molecule has 1 unspecified atom stereocenters. The first-order valence-electron chi connectivity index (χ1n) is 6.19. The number of aromatic nitrogens is 1. The van der Waals surface area contributed by atoms with Crippen LogP contribution in [0.15, 0.2) is 34.9 Å². The Morgan fingerprint density at radius 3 is 2.94 bits per heavy atom. The predicted octanol–water partition coefficient (Wildman–Crippen LogP) is 3.96. The lowest BCUT2D eigenvalue weighted by molar-refractivity contribution is 0.505. The van der Waals surface area contributed by atoms with Crippen LogP contribution < -0.4 is 5.32 Å². The largest absolute Gasteiger partial charge is 0.343 e. The minimum Gasteiger partial charge on any atom is -0.343 e. The molecule has 0 radical (unpaired) electrons. The molecule has 2 rings (SSSR count). The van der Waals surface area contributed by atoms with E-state index in [9.17, 15) is 0 Å². The van der Waals surface area contributed by atoms with Crippen LogP contribution in [0.2, 0.25) is 0 Å². The van der Waals surface area contributed by atoms with Gasteiger partial charge in [0.15, 0.2) is 0 Å². The second-order valence-electron chi connectivity index (χ2n) is 4.45. The number of fused-ring (bicyclic) bond motifs is 1. The molecule has 0 aliphatic rings. The van der Waals surface area contributed by atoms with Crippen LogP contribution in [0.5, 0.6) is 0 Å². The molecule has 0 aliphatic carbocycles. The molecule has 0 saturated heterocycles. The van der Waals surface area contributed by atoms with Crippen molar-refractivity contribution < 1.29 is 0 Å². The smallest absolute Gasteiger partial charge is 0.0494 e. The highest BCUT2D eigenvalue weighted by atomic mass is 79.9. The maximum absolute atomic E-state index is 3.59. The van der Waals surface area contributed by atoms with Crippen molar-refractivity contribution in [1.82, 2.24) is 9.88 Å². The number of benzene rings is 1. The maximum atomic E-state index is 3.59. The molecular formula is C14H19BrN2. The van der Waals surface area contributed by atoms with E-state index in [0.717, 1.165) is 13.1 Å². The fourth-order valence-electron chi connectivity index (χ4n) is 2.12. The summed E-state index contributed by atoms with van der Waals surface area (Å²) in [5.74, 6) is 0. The second-order valence-corrected chi connectivity index (χ2v) is 5.30. The molecule has 92 valence electrons. The van der Waals surface area contributed by atoms with Gasteiger partial charge in [0.2, 0.25) is 0 Å². The summed E-state index contributed by atoms with van der Waals surface area (Å²) in [6, 6.07) is 9.02. The molecule has 0 spiro atoms. The van der Waals surface area contributed by atoms with Gasteiger partial charge in [-0.3, -0.25) is 0 Å². The summed E-state index contributed by atoms with van der Waals surface area (Å²) in [6.07, 6.45) is 3.36. The highest BCUT2D eigenvalue weighted by Gasteiger charge is 2.08. The Labute approximate surface area is 111 Å². The van der Waals surface area contributed by atoms with Crippen LogP contribution in [0.25, 0.3) is 10.9 Å². The van der Waals surface area contributed by atoms with Gasteiger partial charge in [-0.25, -0.2) is 0 Å². The molecule has 1 aromatic heterocycles. The van der Waals surface area contributed by atoms with Gasteiger partial charge in [0.25, 0.3) is 0 Å². The zero-order valence-electron chi connectivity index (χ0n) is 10.4. The van der Waals surface area contributed by atoms with Crippen LogP contribution in [0.4, 0.5) is 0 Å². The number of hydrogen-bond acceptors (Lipinski definition) is 1. The fourth-order valence-corrected chi connectivity index (χ4v) is 2.61. The van der Waals surface area contributed by atoms with Gasteiger partial charge < -0.3 is 9.88 Å². The second kappa shape index (κ2) is 5.69. The molecule has 2 aromatic rings. The normalized spacial score (nSPS) is 13.1. The SMILES string of the molecule is CCCNCC(C)n1ccc2c(Br)cccc21. The molecule has 0 saturated carbocycles. The summed E-state index contributed by atoms with van der Waals surface area (Å²) in [6.45, 7) is 6.56. The van der Waals surface area contributed by atoms with Gasteiger partial charge in [-0.15, -0.1) is 0 Å². The Hall–Kier alpha value is -0.800. The van der Waals surface area contributed by atoms with Crippen LogP contribution in [0.3, 0.4) is 0 Å². The molecule has 3 heteroatoms. The Morgan fingerprint density at radius 2 is 2.18 bits per heavy atom. The van der Waals surface area contributed by atoms with Crippen molar-refractivity contribution in [3.05, 3.63) is 34.9 Å². The van der Waals surface area contributed by atoms with Crippen LogP contribution >= 0.6 is 15.9 Å². The molecule has 2 nitrogen and oxygen atoms in total. The number of nitrogens with one attached hydrogen (secondary N) is 1. The standard InChI is InChI=1S/C14H19BrN2/c1-3-8-16-10-11(2)17-9-7-12-13(15)5-4-6-14(12)17/h4-7,9,11,16H,3,8,10H2,1-2H3. The third-order valence-electron chi connectivity index (χ3n) is 3.05. The van der Waals surface area contributed by atoms with E-state index in [2.05, 4.69) is 70.1 Å². The van der Waals surface area contributed by atoms with Crippen molar-refractivity contribution in [2.75, 3.05) is 13.1 Å². The monoisotopic (exact) mass is 294 g/mol. The van der Waals surface area contributed by atoms with Gasteiger partial charge in [0, 0.05) is 34.2 Å². The van der Waals surface area contributed by atoms with Crippen LogP contribution in [-0.2, 0) is 0 Å². The molecule has 0 bridgehead atoms. The van der Waals surface area contributed by atoms with E-state index in [1.54, 1.807) is 0 Å². The average Bonchev–Trinajstić information content (AvgIpc) is 2.74. The first-order chi connectivity index (χ1) is 8.24. The number of hydrogen-bond donors (Lipinski definition) is 1. The van der Waals surface area contributed by atoms with Crippen molar-refractivity contribution in [2.45, 2.75) is 26.3 Å². The zero-order chi connectivity index (χ0) is 12.3. The lowest BCUT2D eigenvalue weighted by Crippen LogP contribution is -2.23. The van der Waals surface area contributed by atoms with E-state index in [0.29, 0.717) is 6.04 Å². The van der Waals surface area contributed by atoms with E-state index >= 15 is 0 Å². The fraction of sp³-hybridized carbons (Fsp3) is 0.429.